The second-order valence-corrected chi connectivity index (χ2v) is 9.55. The van der Waals surface area contributed by atoms with E-state index in [1.165, 1.54) is 35.8 Å². The van der Waals surface area contributed by atoms with Gasteiger partial charge in [-0.15, -0.1) is 11.3 Å². The summed E-state index contributed by atoms with van der Waals surface area (Å²) in [5, 5.41) is 3.84. The van der Waals surface area contributed by atoms with Crippen molar-refractivity contribution in [3.63, 3.8) is 0 Å². The zero-order valence-electron chi connectivity index (χ0n) is 13.2. The molecule has 1 fully saturated rings. The van der Waals surface area contributed by atoms with Crippen molar-refractivity contribution >= 4 is 37.4 Å². The van der Waals surface area contributed by atoms with Gasteiger partial charge in [0.05, 0.1) is 0 Å². The van der Waals surface area contributed by atoms with E-state index < -0.39 is 0 Å². The summed E-state index contributed by atoms with van der Waals surface area (Å²) in [6, 6.07) is 8.84. The molecule has 1 aromatic heterocycles. The molecular formula is C19H25BrS. The van der Waals surface area contributed by atoms with Crippen molar-refractivity contribution in [2.24, 2.45) is 17.3 Å². The van der Waals surface area contributed by atoms with Gasteiger partial charge in [0.1, 0.15) is 0 Å². The number of halogens is 1. The molecule has 0 amide bonds. The van der Waals surface area contributed by atoms with Crippen LogP contribution >= 0.6 is 27.3 Å². The monoisotopic (exact) mass is 364 g/mol. The molecule has 1 aromatic carbocycles. The molecule has 1 saturated carbocycles. The van der Waals surface area contributed by atoms with Gasteiger partial charge in [0.15, 0.2) is 0 Å². The van der Waals surface area contributed by atoms with Gasteiger partial charge in [-0.1, -0.05) is 61.3 Å². The second kappa shape index (κ2) is 6.04. The summed E-state index contributed by atoms with van der Waals surface area (Å²) < 4.78 is 1.43. The highest BCUT2D eigenvalue weighted by molar-refractivity contribution is 9.09. The molecule has 114 valence electrons. The van der Waals surface area contributed by atoms with Gasteiger partial charge in [-0.2, -0.15) is 0 Å². The van der Waals surface area contributed by atoms with Crippen molar-refractivity contribution in [2.75, 3.05) is 0 Å². The minimum absolute atomic E-state index is 0.359. The van der Waals surface area contributed by atoms with Crippen LogP contribution in [0.2, 0.25) is 0 Å². The lowest BCUT2D eigenvalue weighted by atomic mass is 9.66. The summed E-state index contributed by atoms with van der Waals surface area (Å²) in [4.78, 5) is 0.682. The van der Waals surface area contributed by atoms with Crippen LogP contribution in [0.15, 0.2) is 29.6 Å². The molecule has 0 aliphatic heterocycles. The fourth-order valence-electron chi connectivity index (χ4n) is 3.98. The summed E-state index contributed by atoms with van der Waals surface area (Å²) in [5.74, 6) is 1.66. The Balaban J connectivity index is 1.82. The van der Waals surface area contributed by atoms with E-state index >= 15 is 0 Å². The Morgan fingerprint density at radius 1 is 1.24 bits per heavy atom. The predicted octanol–water partition coefficient (Wildman–Crippen LogP) is 6.67. The van der Waals surface area contributed by atoms with Crippen molar-refractivity contribution in [1.82, 2.24) is 0 Å². The number of benzene rings is 1. The van der Waals surface area contributed by atoms with Crippen LogP contribution in [0.1, 0.15) is 45.6 Å². The summed E-state index contributed by atoms with van der Waals surface area (Å²) in [5.41, 5.74) is 1.90. The Hall–Kier alpha value is -0.340. The molecule has 3 atom stereocenters. The van der Waals surface area contributed by atoms with Crippen molar-refractivity contribution in [3.8, 4) is 0 Å². The van der Waals surface area contributed by atoms with E-state index in [0.717, 1.165) is 11.8 Å². The minimum Gasteiger partial charge on any atom is -0.144 e. The standard InChI is InChI=1S/C19H25BrS/c1-13-8-9-16(17(20)10-13)19(2,3)11-14-12-21-18-7-5-4-6-15(14)18/h4-7,12-13,16-17H,8-11H2,1-3H3. The van der Waals surface area contributed by atoms with Gasteiger partial charge in [0.25, 0.3) is 0 Å². The normalized spacial score (nSPS) is 27.1. The van der Waals surface area contributed by atoms with E-state index in [2.05, 4.69) is 66.3 Å². The third-order valence-electron chi connectivity index (χ3n) is 5.25. The Bertz CT molecular complexity index is 613. The molecular weight excluding hydrogens is 340 g/mol. The Labute approximate surface area is 141 Å². The van der Waals surface area contributed by atoms with Crippen LogP contribution in [0.4, 0.5) is 0 Å². The van der Waals surface area contributed by atoms with Crippen LogP contribution in [0.5, 0.6) is 0 Å². The fraction of sp³-hybridized carbons (Fsp3) is 0.579. The molecule has 3 rings (SSSR count). The van der Waals surface area contributed by atoms with Crippen LogP contribution in [0.3, 0.4) is 0 Å². The molecule has 0 saturated heterocycles. The molecule has 3 unspecified atom stereocenters. The van der Waals surface area contributed by atoms with Crippen molar-refractivity contribution < 1.29 is 0 Å². The van der Waals surface area contributed by atoms with Crippen LogP contribution in [0.25, 0.3) is 10.1 Å². The lowest BCUT2D eigenvalue weighted by Crippen LogP contribution is -2.37. The lowest BCUT2D eigenvalue weighted by Gasteiger charge is -2.42. The highest BCUT2D eigenvalue weighted by Gasteiger charge is 2.38. The van der Waals surface area contributed by atoms with Crippen LogP contribution in [-0.2, 0) is 6.42 Å². The van der Waals surface area contributed by atoms with Crippen molar-refractivity contribution in [2.45, 2.75) is 51.3 Å². The molecule has 2 aromatic rings. The van der Waals surface area contributed by atoms with E-state index in [0.29, 0.717) is 10.2 Å². The Morgan fingerprint density at radius 3 is 2.76 bits per heavy atom. The van der Waals surface area contributed by atoms with Crippen molar-refractivity contribution in [3.05, 3.63) is 35.2 Å². The predicted molar refractivity (Wildman–Crippen MR) is 98.5 cm³/mol. The quantitative estimate of drug-likeness (QED) is 0.533. The number of fused-ring (bicyclic) bond motifs is 1. The van der Waals surface area contributed by atoms with Gasteiger partial charge in [-0.3, -0.25) is 0 Å². The summed E-state index contributed by atoms with van der Waals surface area (Å²) in [7, 11) is 0. The van der Waals surface area contributed by atoms with Gasteiger partial charge in [0.2, 0.25) is 0 Å². The topological polar surface area (TPSA) is 0 Å². The zero-order valence-corrected chi connectivity index (χ0v) is 15.6. The first kappa shape index (κ1) is 15.6. The summed E-state index contributed by atoms with van der Waals surface area (Å²) in [6.45, 7) is 7.33. The number of hydrogen-bond acceptors (Lipinski definition) is 1. The van der Waals surface area contributed by atoms with E-state index in [4.69, 9.17) is 0 Å². The van der Waals surface area contributed by atoms with E-state index in [1.807, 2.05) is 11.3 Å². The second-order valence-electron chi connectivity index (χ2n) is 7.46. The van der Waals surface area contributed by atoms with Crippen LogP contribution in [0, 0.1) is 17.3 Å². The number of alkyl halides is 1. The molecule has 0 spiro atoms. The average Bonchev–Trinajstić information content (AvgIpc) is 2.81. The molecule has 0 N–H and O–H groups in total. The maximum Gasteiger partial charge on any atom is 0.0345 e. The highest BCUT2D eigenvalue weighted by Crippen LogP contribution is 2.46. The van der Waals surface area contributed by atoms with Crippen LogP contribution in [-0.4, -0.2) is 4.83 Å². The zero-order chi connectivity index (χ0) is 15.0. The average molecular weight is 365 g/mol. The summed E-state index contributed by atoms with van der Waals surface area (Å²) in [6.07, 6.45) is 5.28. The van der Waals surface area contributed by atoms with Gasteiger partial charge in [-0.25, -0.2) is 0 Å². The first-order valence-corrected chi connectivity index (χ1v) is 9.86. The first-order chi connectivity index (χ1) is 9.97. The molecule has 1 heterocycles. The number of rotatable bonds is 3. The first-order valence-electron chi connectivity index (χ1n) is 8.06. The van der Waals surface area contributed by atoms with E-state index in [-0.39, 0.29) is 0 Å². The Kier molecular flexibility index (Phi) is 4.47. The van der Waals surface area contributed by atoms with E-state index in [9.17, 15) is 0 Å². The third-order valence-corrected chi connectivity index (χ3v) is 7.27. The third kappa shape index (κ3) is 3.22. The van der Waals surface area contributed by atoms with E-state index in [1.54, 1.807) is 5.56 Å². The van der Waals surface area contributed by atoms with Gasteiger partial charge < -0.3 is 0 Å². The smallest absolute Gasteiger partial charge is 0.0345 e. The maximum atomic E-state index is 3.99. The van der Waals surface area contributed by atoms with Crippen molar-refractivity contribution in [1.29, 1.82) is 0 Å². The van der Waals surface area contributed by atoms with Crippen LogP contribution < -0.4 is 0 Å². The summed E-state index contributed by atoms with van der Waals surface area (Å²) >= 11 is 5.88. The SMILES string of the molecule is CC1CCC(C(C)(C)Cc2csc3ccccc23)C(Br)C1. The molecule has 21 heavy (non-hydrogen) atoms. The molecule has 2 heteroatoms. The van der Waals surface area contributed by atoms with Gasteiger partial charge >= 0.3 is 0 Å². The molecule has 1 aliphatic rings. The highest BCUT2D eigenvalue weighted by atomic mass is 79.9. The number of thiophene rings is 1. The maximum absolute atomic E-state index is 3.99. The molecule has 0 radical (unpaired) electrons. The van der Waals surface area contributed by atoms with Gasteiger partial charge in [0, 0.05) is 9.53 Å². The molecule has 0 bridgehead atoms. The fourth-order valence-corrected chi connectivity index (χ4v) is 6.56. The number of hydrogen-bond donors (Lipinski definition) is 0. The minimum atomic E-state index is 0.359. The largest absolute Gasteiger partial charge is 0.144 e. The lowest BCUT2D eigenvalue weighted by molar-refractivity contribution is 0.147. The molecule has 1 aliphatic carbocycles. The molecule has 0 nitrogen and oxygen atoms in total. The van der Waals surface area contributed by atoms with Gasteiger partial charge in [-0.05, 0) is 58.9 Å². The Morgan fingerprint density at radius 2 is 2.00 bits per heavy atom.